The molecule has 1 aliphatic carbocycles. The topological polar surface area (TPSA) is 100 Å². The molecular weight excluding hydrogens is 499 g/mol. The van der Waals surface area contributed by atoms with Crippen LogP contribution in [0.4, 0.5) is 13.2 Å². The number of hydrogen-bond acceptors (Lipinski definition) is 5. The highest BCUT2D eigenvalue weighted by Gasteiger charge is 2.34. The van der Waals surface area contributed by atoms with E-state index in [1.807, 2.05) is 0 Å². The van der Waals surface area contributed by atoms with Crippen LogP contribution in [-0.2, 0) is 25.7 Å². The summed E-state index contributed by atoms with van der Waals surface area (Å²) >= 11 is 6.12. The lowest BCUT2D eigenvalue weighted by Gasteiger charge is -2.29. The second-order valence-corrected chi connectivity index (χ2v) is 9.26. The van der Waals surface area contributed by atoms with Crippen molar-refractivity contribution in [2.45, 2.75) is 32.1 Å². The van der Waals surface area contributed by atoms with Crippen molar-refractivity contribution in [3.8, 4) is 22.9 Å². The Morgan fingerprint density at radius 2 is 1.97 bits per heavy atom. The summed E-state index contributed by atoms with van der Waals surface area (Å²) in [7, 11) is 0. The maximum Gasteiger partial charge on any atom is 0.259 e. The second-order valence-electron chi connectivity index (χ2n) is 8.87. The van der Waals surface area contributed by atoms with Crippen molar-refractivity contribution in [3.05, 3.63) is 56.9 Å². The number of halogens is 4. The molecule has 3 aromatic heterocycles. The van der Waals surface area contributed by atoms with Crippen molar-refractivity contribution in [1.29, 1.82) is 0 Å². The Hall–Kier alpha value is -3.60. The number of ether oxygens (including phenoxy) is 1. The molecule has 12 heteroatoms. The van der Waals surface area contributed by atoms with Crippen LogP contribution in [0.5, 0.6) is 11.6 Å². The van der Waals surface area contributed by atoms with Crippen molar-refractivity contribution in [2.24, 2.45) is 0 Å². The molecule has 0 unspecified atom stereocenters. The number of carbonyl (C=O) groups excluding carboxylic acids is 2. The van der Waals surface area contributed by atoms with Gasteiger partial charge in [0, 0.05) is 49.5 Å². The van der Waals surface area contributed by atoms with E-state index in [9.17, 15) is 18.4 Å². The molecule has 36 heavy (non-hydrogen) atoms. The Morgan fingerprint density at radius 1 is 1.14 bits per heavy atom. The molecule has 186 valence electrons. The molecule has 0 aromatic carbocycles. The highest BCUT2D eigenvalue weighted by molar-refractivity contribution is 6.29. The fourth-order valence-corrected chi connectivity index (χ4v) is 5.38. The second kappa shape index (κ2) is 8.51. The first kappa shape index (κ1) is 22.8. The zero-order valence-electron chi connectivity index (χ0n) is 18.8. The van der Waals surface area contributed by atoms with E-state index < -0.39 is 30.6 Å². The van der Waals surface area contributed by atoms with Crippen molar-refractivity contribution in [1.82, 2.24) is 25.2 Å². The number of pyridine rings is 2. The van der Waals surface area contributed by atoms with Crippen LogP contribution >= 0.6 is 11.6 Å². The quantitative estimate of drug-likeness (QED) is 0.514. The summed E-state index contributed by atoms with van der Waals surface area (Å²) < 4.78 is 47.6. The van der Waals surface area contributed by atoms with Crippen LogP contribution in [-0.4, -0.2) is 57.7 Å². The van der Waals surface area contributed by atoms with Crippen molar-refractivity contribution >= 4 is 23.4 Å². The number of aromatic nitrogens is 3. The molecule has 0 bridgehead atoms. The van der Waals surface area contributed by atoms with Gasteiger partial charge in [-0.3, -0.25) is 9.59 Å². The minimum Gasteiger partial charge on any atom is -0.435 e. The highest BCUT2D eigenvalue weighted by atomic mass is 35.5. The normalized spacial score (nSPS) is 16.3. The lowest BCUT2D eigenvalue weighted by atomic mass is 9.88. The largest absolute Gasteiger partial charge is 0.435 e. The monoisotopic (exact) mass is 517 g/mol. The maximum atomic E-state index is 15.9. The molecule has 2 amide bonds. The summed E-state index contributed by atoms with van der Waals surface area (Å²) in [6.45, 7) is -0.183. The molecule has 0 saturated heterocycles. The van der Waals surface area contributed by atoms with Gasteiger partial charge in [0.15, 0.2) is 5.82 Å². The number of aromatic amines is 1. The van der Waals surface area contributed by atoms with Crippen LogP contribution in [0.25, 0.3) is 11.3 Å². The van der Waals surface area contributed by atoms with E-state index in [2.05, 4.69) is 20.3 Å². The lowest BCUT2D eigenvalue weighted by Crippen LogP contribution is -2.41. The predicted octanol–water partition coefficient (Wildman–Crippen LogP) is 3.70. The summed E-state index contributed by atoms with van der Waals surface area (Å²) in [5.74, 6) is -2.15. The Balaban J connectivity index is 1.42. The van der Waals surface area contributed by atoms with Crippen LogP contribution in [0.2, 0.25) is 5.15 Å². The van der Waals surface area contributed by atoms with Crippen LogP contribution < -0.4 is 10.1 Å². The molecular formula is C24H19ClF3N5O3. The number of H-pyrrole nitrogens is 1. The molecule has 2 N–H and O–H groups in total. The maximum absolute atomic E-state index is 15.9. The first-order chi connectivity index (χ1) is 17.3. The van der Waals surface area contributed by atoms with Crippen LogP contribution in [0.15, 0.2) is 12.3 Å². The first-order valence-corrected chi connectivity index (χ1v) is 11.8. The summed E-state index contributed by atoms with van der Waals surface area (Å²) in [4.78, 5) is 37.9. The third kappa shape index (κ3) is 3.60. The fraction of sp³-hybridized carbons (Fsp3) is 0.333. The van der Waals surface area contributed by atoms with Crippen molar-refractivity contribution in [2.75, 3.05) is 19.6 Å². The summed E-state index contributed by atoms with van der Waals surface area (Å²) in [5.41, 5.74) is 3.72. The minimum atomic E-state index is -2.71. The highest BCUT2D eigenvalue weighted by Crippen LogP contribution is 2.42. The molecule has 8 nitrogen and oxygen atoms in total. The van der Waals surface area contributed by atoms with Gasteiger partial charge in [0.2, 0.25) is 0 Å². The van der Waals surface area contributed by atoms with Crippen molar-refractivity contribution < 1.29 is 27.5 Å². The fourth-order valence-electron chi connectivity index (χ4n) is 5.18. The Bertz CT molecular complexity index is 1440. The Kier molecular flexibility index (Phi) is 5.40. The lowest BCUT2D eigenvalue weighted by molar-refractivity contribution is 0.0532. The van der Waals surface area contributed by atoms with E-state index in [0.29, 0.717) is 42.6 Å². The Morgan fingerprint density at radius 3 is 2.78 bits per heavy atom. The van der Waals surface area contributed by atoms with Gasteiger partial charge in [-0.1, -0.05) is 11.6 Å². The SMILES string of the molecule is O=C1NCCc2[nH]c3c(c21)CCc1cnc(Oc2cc(Cl)nc4c2C(=O)N(CC(F)F)CC4)c(F)c1-3. The number of amides is 2. The molecule has 3 aromatic rings. The number of alkyl halides is 2. The Labute approximate surface area is 207 Å². The molecule has 0 spiro atoms. The summed E-state index contributed by atoms with van der Waals surface area (Å²) in [6, 6.07) is 1.24. The molecule has 3 aliphatic rings. The van der Waals surface area contributed by atoms with Gasteiger partial charge in [-0.25, -0.2) is 23.1 Å². The van der Waals surface area contributed by atoms with E-state index in [1.165, 1.54) is 12.3 Å². The number of rotatable bonds is 4. The van der Waals surface area contributed by atoms with Gasteiger partial charge in [-0.05, 0) is 24.0 Å². The summed E-state index contributed by atoms with van der Waals surface area (Å²) in [6.07, 6.45) is 0.647. The van der Waals surface area contributed by atoms with Crippen LogP contribution in [0, 0.1) is 5.82 Å². The number of carbonyl (C=O) groups is 2. The van der Waals surface area contributed by atoms with Crippen molar-refractivity contribution in [3.63, 3.8) is 0 Å². The molecule has 6 rings (SSSR count). The number of hydrogen-bond donors (Lipinski definition) is 2. The average Bonchev–Trinajstić information content (AvgIpc) is 3.22. The number of nitrogens with zero attached hydrogens (tertiary/aromatic N) is 3. The van der Waals surface area contributed by atoms with Gasteiger partial charge in [-0.15, -0.1) is 0 Å². The number of fused-ring (bicyclic) bond motifs is 6. The molecule has 0 radical (unpaired) electrons. The van der Waals surface area contributed by atoms with Gasteiger partial charge in [0.25, 0.3) is 24.1 Å². The number of nitrogens with one attached hydrogen (secondary N) is 2. The van der Waals surface area contributed by atoms with Crippen LogP contribution in [0.3, 0.4) is 0 Å². The molecule has 2 aliphatic heterocycles. The summed E-state index contributed by atoms with van der Waals surface area (Å²) in [5, 5.41) is 2.84. The van der Waals surface area contributed by atoms with E-state index in [0.717, 1.165) is 16.2 Å². The van der Waals surface area contributed by atoms with Gasteiger partial charge in [0.1, 0.15) is 16.5 Å². The van der Waals surface area contributed by atoms with E-state index in [4.69, 9.17) is 16.3 Å². The van der Waals surface area contributed by atoms with Gasteiger partial charge in [0.05, 0.1) is 23.5 Å². The first-order valence-electron chi connectivity index (χ1n) is 11.5. The van der Waals surface area contributed by atoms with Gasteiger partial charge >= 0.3 is 0 Å². The minimum absolute atomic E-state index is 0.0163. The van der Waals surface area contributed by atoms with Crippen LogP contribution in [0.1, 0.15) is 43.2 Å². The zero-order chi connectivity index (χ0) is 25.1. The molecule has 0 atom stereocenters. The van der Waals surface area contributed by atoms with Gasteiger partial charge in [-0.2, -0.15) is 0 Å². The van der Waals surface area contributed by atoms with Gasteiger partial charge < -0.3 is 19.9 Å². The zero-order valence-corrected chi connectivity index (χ0v) is 19.5. The molecule has 0 fully saturated rings. The third-order valence-corrected chi connectivity index (χ3v) is 6.93. The van der Waals surface area contributed by atoms with E-state index in [1.54, 1.807) is 0 Å². The molecule has 5 heterocycles. The average molecular weight is 518 g/mol. The smallest absolute Gasteiger partial charge is 0.259 e. The third-order valence-electron chi connectivity index (χ3n) is 6.74. The van der Waals surface area contributed by atoms with E-state index in [-0.39, 0.29) is 46.6 Å². The number of aryl methyl sites for hydroxylation is 1. The predicted molar refractivity (Wildman–Crippen MR) is 122 cm³/mol. The van der Waals surface area contributed by atoms with E-state index >= 15 is 4.39 Å². The standard InChI is InChI=1S/C24H19ClF3N5O3/c25-15-7-14(19-13(31-15)4-6-33(24(19)35)9-16(26)27)36-23-20(28)17-10(8-30-23)1-2-11-18-12(32-21(11)17)3-5-29-22(18)34/h7-8,16,32H,1-6,9H2,(H,29,34). The molecule has 0 saturated carbocycles.